The number of ether oxygens (including phenoxy) is 3. The summed E-state index contributed by atoms with van der Waals surface area (Å²) in [5, 5.41) is 2.00. The topological polar surface area (TPSA) is 85.4 Å². The lowest BCUT2D eigenvalue weighted by Gasteiger charge is -2.32. The maximum atomic E-state index is 12.8. The lowest BCUT2D eigenvalue weighted by Crippen LogP contribution is -2.47. The van der Waals surface area contributed by atoms with Crippen LogP contribution in [0.3, 0.4) is 0 Å². The van der Waals surface area contributed by atoms with E-state index in [9.17, 15) is 14.4 Å². The number of benzene rings is 1. The summed E-state index contributed by atoms with van der Waals surface area (Å²) >= 11 is 3.35. The van der Waals surface area contributed by atoms with E-state index < -0.39 is 36.4 Å². The van der Waals surface area contributed by atoms with Gasteiger partial charge >= 0.3 is 18.2 Å². The average Bonchev–Trinajstić information content (AvgIpc) is 3.01. The fourth-order valence-corrected chi connectivity index (χ4v) is 2.88. The summed E-state index contributed by atoms with van der Waals surface area (Å²) < 4.78 is 16.2. The number of hydrogen-bond donors (Lipinski definition) is 0. The number of halogens is 1. The van der Waals surface area contributed by atoms with Gasteiger partial charge in [0.15, 0.2) is 0 Å². The zero-order valence-electron chi connectivity index (χ0n) is 16.3. The molecule has 1 aromatic carbocycles. The van der Waals surface area contributed by atoms with Crippen molar-refractivity contribution in [2.45, 2.75) is 45.9 Å². The van der Waals surface area contributed by atoms with Crippen molar-refractivity contribution >= 4 is 34.1 Å². The van der Waals surface area contributed by atoms with Gasteiger partial charge in [0.05, 0.1) is 24.9 Å². The van der Waals surface area contributed by atoms with Gasteiger partial charge in [-0.3, -0.25) is 0 Å². The van der Waals surface area contributed by atoms with E-state index in [1.54, 1.807) is 52.0 Å². The summed E-state index contributed by atoms with van der Waals surface area (Å²) in [4.78, 5) is 37.8. The molecule has 9 heteroatoms. The normalized spacial score (nSPS) is 16.3. The number of hydrogen-bond acceptors (Lipinski definition) is 6. The van der Waals surface area contributed by atoms with E-state index in [1.165, 1.54) is 13.3 Å². The van der Waals surface area contributed by atoms with Crippen molar-refractivity contribution in [2.24, 2.45) is 0 Å². The Morgan fingerprint density at radius 2 is 1.50 bits per heavy atom. The highest BCUT2D eigenvalue weighted by Gasteiger charge is 2.45. The van der Waals surface area contributed by atoms with Crippen LogP contribution in [0.4, 0.5) is 9.59 Å². The molecule has 0 saturated heterocycles. The molecular formula is C19H23BrN2O6. The van der Waals surface area contributed by atoms with Crippen molar-refractivity contribution in [2.75, 3.05) is 7.11 Å². The molecule has 0 fully saturated rings. The minimum absolute atomic E-state index is 0.103. The minimum atomic E-state index is -0.911. The Bertz CT molecular complexity index is 775. The zero-order chi connectivity index (χ0) is 21.0. The largest absolute Gasteiger partial charge is 0.466 e. The van der Waals surface area contributed by atoms with Crippen LogP contribution in [0.25, 0.3) is 0 Å². The third kappa shape index (κ3) is 4.83. The Morgan fingerprint density at radius 1 is 0.964 bits per heavy atom. The number of carbonyl (C=O) groups excluding carboxylic acids is 3. The first kappa shape index (κ1) is 21.7. The summed E-state index contributed by atoms with van der Waals surface area (Å²) in [6.07, 6.45) is -1.21. The number of esters is 1. The summed E-state index contributed by atoms with van der Waals surface area (Å²) in [6, 6.07) is 6.10. The molecule has 0 bridgehead atoms. The summed E-state index contributed by atoms with van der Waals surface area (Å²) in [7, 11) is 1.23. The molecule has 1 aromatic rings. The van der Waals surface area contributed by atoms with Gasteiger partial charge in [-0.15, -0.1) is 0 Å². The van der Waals surface area contributed by atoms with E-state index in [-0.39, 0.29) is 5.57 Å². The lowest BCUT2D eigenvalue weighted by atomic mass is 10.00. The van der Waals surface area contributed by atoms with Gasteiger partial charge in [0.25, 0.3) is 0 Å². The molecule has 1 unspecified atom stereocenters. The van der Waals surface area contributed by atoms with Crippen LogP contribution in [0.15, 0.2) is 40.5 Å². The first-order valence-electron chi connectivity index (χ1n) is 8.70. The zero-order valence-corrected chi connectivity index (χ0v) is 17.9. The summed E-state index contributed by atoms with van der Waals surface area (Å²) in [5.74, 6) is -0.671. The van der Waals surface area contributed by atoms with E-state index in [2.05, 4.69) is 15.9 Å². The van der Waals surface area contributed by atoms with Crippen LogP contribution in [0, 0.1) is 0 Å². The smallest absolute Gasteiger partial charge is 0.433 e. The SMILES string of the molecule is COC(=O)C1=CN(C(=O)OC(C)C)N(C(=O)OC(C)C)C1c1ccc(Br)cc1. The second-order valence-electron chi connectivity index (χ2n) is 6.58. The van der Waals surface area contributed by atoms with Crippen LogP contribution in [0.5, 0.6) is 0 Å². The van der Waals surface area contributed by atoms with Crippen molar-refractivity contribution in [3.05, 3.63) is 46.1 Å². The predicted octanol–water partition coefficient (Wildman–Crippen LogP) is 4.17. The van der Waals surface area contributed by atoms with Gasteiger partial charge in [-0.25, -0.2) is 14.4 Å². The Morgan fingerprint density at radius 3 is 2.00 bits per heavy atom. The van der Waals surface area contributed by atoms with Gasteiger partial charge in [0.1, 0.15) is 6.04 Å². The van der Waals surface area contributed by atoms with Gasteiger partial charge in [-0.1, -0.05) is 28.1 Å². The first-order chi connectivity index (χ1) is 13.1. The maximum Gasteiger partial charge on any atom is 0.433 e. The highest BCUT2D eigenvalue weighted by molar-refractivity contribution is 9.10. The second kappa shape index (κ2) is 9.09. The third-order valence-electron chi connectivity index (χ3n) is 3.69. The molecule has 0 aromatic heterocycles. The Hall–Kier alpha value is -2.55. The average molecular weight is 455 g/mol. The number of hydrazine groups is 1. The molecule has 2 rings (SSSR count). The van der Waals surface area contributed by atoms with Gasteiger partial charge in [-0.2, -0.15) is 10.0 Å². The molecule has 0 spiro atoms. The monoisotopic (exact) mass is 454 g/mol. The quantitative estimate of drug-likeness (QED) is 0.501. The molecule has 0 saturated carbocycles. The summed E-state index contributed by atoms with van der Waals surface area (Å²) in [6.45, 7) is 6.74. The van der Waals surface area contributed by atoms with Crippen molar-refractivity contribution < 1.29 is 28.6 Å². The highest BCUT2D eigenvalue weighted by atomic mass is 79.9. The molecule has 1 atom stereocenters. The van der Waals surface area contributed by atoms with Crippen LogP contribution < -0.4 is 0 Å². The van der Waals surface area contributed by atoms with Crippen molar-refractivity contribution in [1.29, 1.82) is 0 Å². The van der Waals surface area contributed by atoms with Gasteiger partial charge in [0.2, 0.25) is 0 Å². The molecule has 1 aliphatic heterocycles. The lowest BCUT2D eigenvalue weighted by molar-refractivity contribution is -0.136. The second-order valence-corrected chi connectivity index (χ2v) is 7.50. The highest BCUT2D eigenvalue weighted by Crippen LogP contribution is 2.38. The van der Waals surface area contributed by atoms with Crippen LogP contribution in [0.1, 0.15) is 39.3 Å². The number of rotatable bonds is 4. The van der Waals surface area contributed by atoms with Gasteiger partial charge < -0.3 is 14.2 Å². The Kier molecular flexibility index (Phi) is 7.06. The Labute approximate surface area is 172 Å². The fourth-order valence-electron chi connectivity index (χ4n) is 2.61. The van der Waals surface area contributed by atoms with Gasteiger partial charge in [0, 0.05) is 10.7 Å². The van der Waals surface area contributed by atoms with E-state index >= 15 is 0 Å². The number of carbonyl (C=O) groups is 3. The molecule has 152 valence electrons. The molecule has 1 heterocycles. The van der Waals surface area contributed by atoms with E-state index in [4.69, 9.17) is 14.2 Å². The molecule has 8 nitrogen and oxygen atoms in total. The predicted molar refractivity (Wildman–Crippen MR) is 104 cm³/mol. The molecule has 2 amide bonds. The van der Waals surface area contributed by atoms with E-state index in [0.29, 0.717) is 5.56 Å². The fraction of sp³-hybridized carbons (Fsp3) is 0.421. The molecular weight excluding hydrogens is 432 g/mol. The molecule has 1 aliphatic rings. The molecule has 0 radical (unpaired) electrons. The molecule has 0 aliphatic carbocycles. The number of nitrogens with zero attached hydrogens (tertiary/aromatic N) is 2. The van der Waals surface area contributed by atoms with Crippen LogP contribution >= 0.6 is 15.9 Å². The molecule has 0 N–H and O–H groups in total. The van der Waals surface area contributed by atoms with E-state index in [1.807, 2.05) is 0 Å². The molecule has 28 heavy (non-hydrogen) atoms. The summed E-state index contributed by atoms with van der Waals surface area (Å²) in [5.41, 5.74) is 0.701. The van der Waals surface area contributed by atoms with Crippen molar-refractivity contribution in [3.63, 3.8) is 0 Å². The number of methoxy groups -OCH3 is 1. The first-order valence-corrected chi connectivity index (χ1v) is 9.50. The third-order valence-corrected chi connectivity index (χ3v) is 4.22. The van der Waals surface area contributed by atoms with Crippen molar-refractivity contribution in [3.8, 4) is 0 Å². The van der Waals surface area contributed by atoms with Crippen molar-refractivity contribution in [1.82, 2.24) is 10.0 Å². The van der Waals surface area contributed by atoms with E-state index in [0.717, 1.165) is 14.5 Å². The Balaban J connectivity index is 2.55. The van der Waals surface area contributed by atoms with Crippen LogP contribution in [-0.4, -0.2) is 47.5 Å². The van der Waals surface area contributed by atoms with Gasteiger partial charge in [-0.05, 0) is 45.4 Å². The van der Waals surface area contributed by atoms with Crippen LogP contribution in [-0.2, 0) is 19.0 Å². The maximum absolute atomic E-state index is 12.8. The number of amides is 2. The minimum Gasteiger partial charge on any atom is -0.466 e. The van der Waals surface area contributed by atoms with Crippen LogP contribution in [0.2, 0.25) is 0 Å². The standard InChI is InChI=1S/C19H23BrN2O6/c1-11(2)27-18(24)21-10-15(17(23)26-5)16(13-6-8-14(20)9-7-13)22(21)19(25)28-12(3)4/h6-12,16H,1-5H3.